The van der Waals surface area contributed by atoms with Crippen LogP contribution in [0, 0.1) is 0 Å². The summed E-state index contributed by atoms with van der Waals surface area (Å²) in [6, 6.07) is 7.25. The van der Waals surface area contributed by atoms with Crippen molar-refractivity contribution in [3.63, 3.8) is 0 Å². The van der Waals surface area contributed by atoms with Crippen LogP contribution in [0.5, 0.6) is 0 Å². The Morgan fingerprint density at radius 1 is 1.44 bits per heavy atom. The van der Waals surface area contributed by atoms with E-state index in [4.69, 9.17) is 0 Å². The highest BCUT2D eigenvalue weighted by Gasteiger charge is 2.30. The molecule has 1 aromatic carbocycles. The van der Waals surface area contributed by atoms with E-state index in [1.807, 2.05) is 26.0 Å². The first kappa shape index (κ1) is 13.5. The number of aryl methyl sites for hydroxylation is 1. The molecule has 100 valence electrons. The molecule has 1 saturated heterocycles. The van der Waals surface area contributed by atoms with Crippen molar-refractivity contribution in [2.24, 2.45) is 0 Å². The normalized spacial score (nSPS) is 22.0. The van der Waals surface area contributed by atoms with Crippen LogP contribution in [0.15, 0.2) is 29.2 Å². The highest BCUT2D eigenvalue weighted by molar-refractivity contribution is 7.89. The van der Waals surface area contributed by atoms with E-state index in [1.54, 1.807) is 16.4 Å². The van der Waals surface area contributed by atoms with Crippen molar-refractivity contribution in [1.82, 2.24) is 9.62 Å². The summed E-state index contributed by atoms with van der Waals surface area (Å²) in [6.45, 7) is 5.94. The molecule has 18 heavy (non-hydrogen) atoms. The van der Waals surface area contributed by atoms with Gasteiger partial charge in [0.15, 0.2) is 0 Å². The average molecular weight is 268 g/mol. The summed E-state index contributed by atoms with van der Waals surface area (Å²) < 4.78 is 26.7. The summed E-state index contributed by atoms with van der Waals surface area (Å²) in [5.41, 5.74) is 1.05. The third-order valence-electron chi connectivity index (χ3n) is 3.35. The maximum absolute atomic E-state index is 12.6. The van der Waals surface area contributed by atoms with Crippen LogP contribution < -0.4 is 5.32 Å². The van der Waals surface area contributed by atoms with E-state index >= 15 is 0 Å². The molecule has 0 bridgehead atoms. The van der Waals surface area contributed by atoms with Gasteiger partial charge in [-0.05, 0) is 31.0 Å². The van der Waals surface area contributed by atoms with Gasteiger partial charge in [0.1, 0.15) is 0 Å². The number of nitrogens with one attached hydrogen (secondary N) is 1. The van der Waals surface area contributed by atoms with Gasteiger partial charge < -0.3 is 5.32 Å². The van der Waals surface area contributed by atoms with Crippen LogP contribution >= 0.6 is 0 Å². The molecule has 1 heterocycles. The summed E-state index contributed by atoms with van der Waals surface area (Å²) in [4.78, 5) is 0.413. The van der Waals surface area contributed by atoms with Crippen LogP contribution in [0.4, 0.5) is 0 Å². The lowest BCUT2D eigenvalue weighted by molar-refractivity contribution is 0.284. The molecule has 5 heteroatoms. The minimum absolute atomic E-state index is 0.00836. The fourth-order valence-electron chi connectivity index (χ4n) is 2.24. The molecule has 0 spiro atoms. The molecule has 1 aromatic rings. The number of sulfonamides is 1. The average Bonchev–Trinajstić information content (AvgIpc) is 2.39. The van der Waals surface area contributed by atoms with Gasteiger partial charge in [-0.15, -0.1) is 0 Å². The van der Waals surface area contributed by atoms with Crippen molar-refractivity contribution < 1.29 is 8.42 Å². The van der Waals surface area contributed by atoms with Crippen molar-refractivity contribution in [3.05, 3.63) is 29.8 Å². The Morgan fingerprint density at radius 3 is 2.89 bits per heavy atom. The molecule has 0 aliphatic carbocycles. The minimum atomic E-state index is -3.35. The van der Waals surface area contributed by atoms with Crippen LogP contribution in [-0.4, -0.2) is 38.4 Å². The van der Waals surface area contributed by atoms with Crippen LogP contribution in [0.3, 0.4) is 0 Å². The zero-order valence-corrected chi connectivity index (χ0v) is 11.7. The van der Waals surface area contributed by atoms with Crippen LogP contribution in [0.25, 0.3) is 0 Å². The van der Waals surface area contributed by atoms with E-state index in [9.17, 15) is 8.42 Å². The molecule has 0 radical (unpaired) electrons. The van der Waals surface area contributed by atoms with Gasteiger partial charge in [0.05, 0.1) is 4.90 Å². The van der Waals surface area contributed by atoms with Gasteiger partial charge >= 0.3 is 0 Å². The smallest absolute Gasteiger partial charge is 0.243 e. The largest absolute Gasteiger partial charge is 0.314 e. The van der Waals surface area contributed by atoms with Gasteiger partial charge in [0.2, 0.25) is 10.0 Å². The van der Waals surface area contributed by atoms with Gasteiger partial charge in [-0.1, -0.05) is 19.1 Å². The monoisotopic (exact) mass is 268 g/mol. The van der Waals surface area contributed by atoms with Crippen molar-refractivity contribution in [2.45, 2.75) is 31.2 Å². The van der Waals surface area contributed by atoms with Crippen molar-refractivity contribution in [1.29, 1.82) is 0 Å². The van der Waals surface area contributed by atoms with Gasteiger partial charge in [-0.25, -0.2) is 8.42 Å². The van der Waals surface area contributed by atoms with Crippen molar-refractivity contribution in [3.8, 4) is 0 Å². The Hall–Kier alpha value is -0.910. The second-order valence-electron chi connectivity index (χ2n) is 4.67. The molecular weight excluding hydrogens is 248 g/mol. The first-order chi connectivity index (χ1) is 8.55. The number of hydrogen-bond donors (Lipinski definition) is 1. The Bertz CT molecular complexity index is 513. The van der Waals surface area contributed by atoms with E-state index in [2.05, 4.69) is 5.32 Å². The van der Waals surface area contributed by atoms with Crippen molar-refractivity contribution in [2.75, 3.05) is 19.6 Å². The molecule has 4 nitrogen and oxygen atoms in total. The maximum atomic E-state index is 12.6. The first-order valence-electron chi connectivity index (χ1n) is 6.37. The predicted octanol–water partition coefficient (Wildman–Crippen LogP) is 1.23. The lowest BCUT2D eigenvalue weighted by Gasteiger charge is -2.32. The van der Waals surface area contributed by atoms with Gasteiger partial charge in [0, 0.05) is 25.7 Å². The van der Waals surface area contributed by atoms with Crippen LogP contribution in [-0.2, 0) is 16.4 Å². The highest BCUT2D eigenvalue weighted by atomic mass is 32.2. The molecule has 0 saturated carbocycles. The molecule has 0 amide bonds. The van der Waals surface area contributed by atoms with E-state index in [0.29, 0.717) is 18.0 Å². The Morgan fingerprint density at radius 2 is 2.22 bits per heavy atom. The lowest BCUT2D eigenvalue weighted by Crippen LogP contribution is -2.52. The van der Waals surface area contributed by atoms with Crippen molar-refractivity contribution >= 4 is 10.0 Å². The number of hydrogen-bond acceptors (Lipinski definition) is 3. The topological polar surface area (TPSA) is 49.4 Å². The Kier molecular flexibility index (Phi) is 4.04. The summed E-state index contributed by atoms with van der Waals surface area (Å²) >= 11 is 0. The zero-order valence-electron chi connectivity index (χ0n) is 10.9. The summed E-state index contributed by atoms with van der Waals surface area (Å²) in [6.07, 6.45) is 0.848. The predicted molar refractivity (Wildman–Crippen MR) is 72.0 cm³/mol. The third kappa shape index (κ3) is 2.58. The number of rotatable bonds is 3. The molecule has 1 atom stereocenters. The van der Waals surface area contributed by atoms with Gasteiger partial charge in [0.25, 0.3) is 0 Å². The lowest BCUT2D eigenvalue weighted by atomic mass is 10.2. The Balaban J connectivity index is 2.34. The third-order valence-corrected chi connectivity index (χ3v) is 5.36. The minimum Gasteiger partial charge on any atom is -0.314 e. The Labute approximate surface area is 109 Å². The molecule has 1 aliphatic rings. The molecule has 0 aromatic heterocycles. The molecule has 1 fully saturated rings. The standard InChI is InChI=1S/C13H20N2O2S/c1-3-12-5-4-6-13(9-12)18(16,17)15-8-7-14-10-11(15)2/h4-6,9,11,14H,3,7-8,10H2,1-2H3. The summed E-state index contributed by atoms with van der Waals surface area (Å²) in [5, 5.41) is 3.20. The molecular formula is C13H20N2O2S. The van der Waals surface area contributed by atoms with Gasteiger partial charge in [-0.3, -0.25) is 0 Å². The quantitative estimate of drug-likeness (QED) is 0.897. The molecule has 1 N–H and O–H groups in total. The maximum Gasteiger partial charge on any atom is 0.243 e. The molecule has 1 unspecified atom stereocenters. The number of benzene rings is 1. The first-order valence-corrected chi connectivity index (χ1v) is 7.81. The second kappa shape index (κ2) is 5.38. The fourth-order valence-corrected chi connectivity index (χ4v) is 3.94. The molecule has 2 rings (SSSR count). The van der Waals surface area contributed by atoms with E-state index in [0.717, 1.165) is 18.5 Å². The number of piperazine rings is 1. The SMILES string of the molecule is CCc1cccc(S(=O)(=O)N2CCNCC2C)c1. The number of nitrogens with zero attached hydrogens (tertiary/aromatic N) is 1. The van der Waals surface area contributed by atoms with Gasteiger partial charge in [-0.2, -0.15) is 4.31 Å². The fraction of sp³-hybridized carbons (Fsp3) is 0.538. The zero-order chi connectivity index (χ0) is 13.2. The van der Waals surface area contributed by atoms with E-state index < -0.39 is 10.0 Å². The van der Waals surface area contributed by atoms with Crippen LogP contribution in [0.2, 0.25) is 0 Å². The summed E-state index contributed by atoms with van der Waals surface area (Å²) in [5.74, 6) is 0. The van der Waals surface area contributed by atoms with E-state index in [1.165, 1.54) is 0 Å². The van der Waals surface area contributed by atoms with Crippen LogP contribution in [0.1, 0.15) is 19.4 Å². The van der Waals surface area contributed by atoms with E-state index in [-0.39, 0.29) is 6.04 Å². The summed E-state index contributed by atoms with van der Waals surface area (Å²) in [7, 11) is -3.35. The second-order valence-corrected chi connectivity index (χ2v) is 6.56. The highest BCUT2D eigenvalue weighted by Crippen LogP contribution is 2.20. The molecule has 1 aliphatic heterocycles.